The van der Waals surface area contributed by atoms with E-state index in [2.05, 4.69) is 11.1 Å². The van der Waals surface area contributed by atoms with Crippen LogP contribution in [0.1, 0.15) is 21.6 Å². The van der Waals surface area contributed by atoms with Gasteiger partial charge in [-0.15, -0.1) is 0 Å². The molecule has 0 aliphatic heterocycles. The summed E-state index contributed by atoms with van der Waals surface area (Å²) in [5, 5.41) is 9.42. The molecule has 0 fully saturated rings. The number of hydrogen-bond donors (Lipinski definition) is 1. The molecule has 1 heterocycles. The Kier molecular flexibility index (Phi) is 3.49. The molecule has 2 rings (SSSR count). The van der Waals surface area contributed by atoms with Crippen molar-refractivity contribution in [1.82, 2.24) is 4.98 Å². The Hall–Kier alpha value is -2.06. The fraction of sp³-hybridized carbons (Fsp3) is 0.231. The zero-order valence-corrected chi connectivity index (χ0v) is 11.0. The highest BCUT2D eigenvalue weighted by atomic mass is 32.1. The molecule has 0 atom stereocenters. The number of nitrogens with two attached hydrogens (primary N) is 1. The van der Waals surface area contributed by atoms with E-state index in [-0.39, 0.29) is 0 Å². The van der Waals surface area contributed by atoms with Crippen molar-refractivity contribution in [2.24, 2.45) is 0 Å². The van der Waals surface area contributed by atoms with Crippen LogP contribution in [0.2, 0.25) is 0 Å². The van der Waals surface area contributed by atoms with Gasteiger partial charge >= 0.3 is 0 Å². The molecule has 1 aromatic carbocycles. The van der Waals surface area contributed by atoms with Crippen molar-refractivity contribution in [3.05, 3.63) is 39.9 Å². The van der Waals surface area contributed by atoms with E-state index in [1.54, 1.807) is 6.20 Å². The van der Waals surface area contributed by atoms with Crippen molar-refractivity contribution >= 4 is 16.5 Å². The zero-order valence-electron chi connectivity index (χ0n) is 10.2. The molecular weight excluding hydrogens is 246 g/mol. The van der Waals surface area contributed by atoms with E-state index in [9.17, 15) is 0 Å². The van der Waals surface area contributed by atoms with Crippen molar-refractivity contribution in [2.75, 3.05) is 5.73 Å². The Bertz CT molecular complexity index is 590. The largest absolute Gasteiger partial charge is 0.487 e. The van der Waals surface area contributed by atoms with Gasteiger partial charge in [-0.1, -0.05) is 11.3 Å². The lowest BCUT2D eigenvalue weighted by atomic mass is 10.1. The number of rotatable bonds is 3. The van der Waals surface area contributed by atoms with Gasteiger partial charge < -0.3 is 10.5 Å². The van der Waals surface area contributed by atoms with Crippen LogP contribution in [0.4, 0.5) is 5.13 Å². The summed E-state index contributed by atoms with van der Waals surface area (Å²) < 4.78 is 5.77. The van der Waals surface area contributed by atoms with Crippen LogP contribution >= 0.6 is 11.3 Å². The Balaban J connectivity index is 2.17. The first-order valence-electron chi connectivity index (χ1n) is 5.44. The second-order valence-electron chi connectivity index (χ2n) is 4.00. The highest BCUT2D eigenvalue weighted by molar-refractivity contribution is 7.15. The van der Waals surface area contributed by atoms with Gasteiger partial charge in [-0.3, -0.25) is 0 Å². The quantitative estimate of drug-likeness (QED) is 0.920. The van der Waals surface area contributed by atoms with Crippen molar-refractivity contribution in [1.29, 1.82) is 5.26 Å². The maximum absolute atomic E-state index is 8.88. The molecule has 4 nitrogen and oxygen atoms in total. The Morgan fingerprint density at radius 2 is 2.06 bits per heavy atom. The van der Waals surface area contributed by atoms with Gasteiger partial charge in [0.1, 0.15) is 12.4 Å². The van der Waals surface area contributed by atoms with Crippen LogP contribution < -0.4 is 10.5 Å². The predicted molar refractivity (Wildman–Crippen MR) is 71.5 cm³/mol. The van der Waals surface area contributed by atoms with Crippen LogP contribution in [0.15, 0.2) is 18.3 Å². The minimum Gasteiger partial charge on any atom is -0.487 e. The molecule has 0 amide bonds. The van der Waals surface area contributed by atoms with Crippen molar-refractivity contribution in [2.45, 2.75) is 20.5 Å². The molecule has 0 aliphatic rings. The first kappa shape index (κ1) is 12.4. The summed E-state index contributed by atoms with van der Waals surface area (Å²) in [5.41, 5.74) is 8.14. The van der Waals surface area contributed by atoms with Crippen LogP contribution in [0.25, 0.3) is 0 Å². The van der Waals surface area contributed by atoms with Crippen molar-refractivity contribution in [3.8, 4) is 11.8 Å². The second-order valence-corrected chi connectivity index (χ2v) is 5.15. The lowest BCUT2D eigenvalue weighted by Gasteiger charge is -2.11. The number of aryl methyl sites for hydroxylation is 2. The van der Waals surface area contributed by atoms with E-state index in [0.717, 1.165) is 21.8 Å². The number of thiazole rings is 1. The van der Waals surface area contributed by atoms with E-state index in [4.69, 9.17) is 15.7 Å². The van der Waals surface area contributed by atoms with E-state index >= 15 is 0 Å². The molecule has 0 bridgehead atoms. The molecule has 0 saturated heterocycles. The number of nitrogens with zero attached hydrogens (tertiary/aromatic N) is 2. The number of benzene rings is 1. The van der Waals surface area contributed by atoms with Gasteiger partial charge in [0.2, 0.25) is 0 Å². The smallest absolute Gasteiger partial charge is 0.180 e. The summed E-state index contributed by atoms with van der Waals surface area (Å²) >= 11 is 1.42. The average molecular weight is 259 g/mol. The molecular formula is C13H13N3OS. The normalized spacial score (nSPS) is 10.1. The van der Waals surface area contributed by atoms with E-state index in [0.29, 0.717) is 17.3 Å². The molecule has 1 aromatic heterocycles. The number of nitrogen functional groups attached to an aromatic ring is 1. The summed E-state index contributed by atoms with van der Waals surface area (Å²) in [6.07, 6.45) is 1.72. The van der Waals surface area contributed by atoms with Gasteiger partial charge in [-0.25, -0.2) is 4.98 Å². The Morgan fingerprint density at radius 1 is 1.39 bits per heavy atom. The van der Waals surface area contributed by atoms with E-state index < -0.39 is 0 Å². The standard InChI is InChI=1S/C13H13N3OS/c1-8-3-10(5-14)4-9(2)12(8)17-7-11-6-16-13(15)18-11/h3-4,6H,7H2,1-2H3,(H2,15,16). The average Bonchev–Trinajstić information content (AvgIpc) is 2.73. The van der Waals surface area contributed by atoms with Crippen LogP contribution in [0, 0.1) is 25.2 Å². The fourth-order valence-corrected chi connectivity index (χ4v) is 2.37. The topological polar surface area (TPSA) is 71.9 Å². The van der Waals surface area contributed by atoms with E-state index in [1.165, 1.54) is 11.3 Å². The molecule has 0 spiro atoms. The van der Waals surface area contributed by atoms with Crippen LogP contribution in [0.5, 0.6) is 5.75 Å². The predicted octanol–water partition coefficient (Wildman–Crippen LogP) is 2.79. The van der Waals surface area contributed by atoms with Gasteiger partial charge in [-0.2, -0.15) is 5.26 Å². The molecule has 0 radical (unpaired) electrons. The van der Waals surface area contributed by atoms with E-state index in [1.807, 2.05) is 26.0 Å². The fourth-order valence-electron chi connectivity index (χ4n) is 1.78. The number of hydrogen-bond acceptors (Lipinski definition) is 5. The first-order chi connectivity index (χ1) is 8.60. The molecule has 0 aliphatic carbocycles. The van der Waals surface area contributed by atoms with Gasteiger partial charge in [-0.05, 0) is 37.1 Å². The first-order valence-corrected chi connectivity index (χ1v) is 6.26. The van der Waals surface area contributed by atoms with Crippen LogP contribution in [0.3, 0.4) is 0 Å². The van der Waals surface area contributed by atoms with Crippen molar-refractivity contribution in [3.63, 3.8) is 0 Å². The molecule has 0 unspecified atom stereocenters. The monoisotopic (exact) mass is 259 g/mol. The van der Waals surface area contributed by atoms with Crippen LogP contribution in [-0.2, 0) is 6.61 Å². The van der Waals surface area contributed by atoms with Crippen molar-refractivity contribution < 1.29 is 4.74 Å². The molecule has 92 valence electrons. The molecule has 2 aromatic rings. The summed E-state index contributed by atoms with van der Waals surface area (Å²) in [6.45, 7) is 4.32. The SMILES string of the molecule is Cc1cc(C#N)cc(C)c1OCc1cnc(N)s1. The Labute approximate surface area is 110 Å². The van der Waals surface area contributed by atoms with Gasteiger partial charge in [0.05, 0.1) is 16.5 Å². The zero-order chi connectivity index (χ0) is 13.1. The maximum atomic E-state index is 8.88. The highest BCUT2D eigenvalue weighted by Gasteiger charge is 2.07. The summed E-state index contributed by atoms with van der Waals surface area (Å²) in [4.78, 5) is 4.96. The number of nitriles is 1. The van der Waals surface area contributed by atoms with Gasteiger partial charge in [0.25, 0.3) is 0 Å². The highest BCUT2D eigenvalue weighted by Crippen LogP contribution is 2.26. The van der Waals surface area contributed by atoms with Gasteiger partial charge in [0, 0.05) is 6.20 Å². The molecule has 2 N–H and O–H groups in total. The third-order valence-corrected chi connectivity index (χ3v) is 3.32. The molecule has 18 heavy (non-hydrogen) atoms. The minimum atomic E-state index is 0.447. The molecule has 5 heteroatoms. The third kappa shape index (κ3) is 2.60. The van der Waals surface area contributed by atoms with Gasteiger partial charge in [0.15, 0.2) is 5.13 Å². The lowest BCUT2D eigenvalue weighted by molar-refractivity contribution is 0.305. The number of ether oxygens (including phenoxy) is 1. The Morgan fingerprint density at radius 3 is 2.56 bits per heavy atom. The summed E-state index contributed by atoms with van der Waals surface area (Å²) in [6, 6.07) is 5.78. The summed E-state index contributed by atoms with van der Waals surface area (Å²) in [5.74, 6) is 0.820. The number of aromatic nitrogens is 1. The lowest BCUT2D eigenvalue weighted by Crippen LogP contribution is -1.98. The minimum absolute atomic E-state index is 0.447. The van der Waals surface area contributed by atoms with Crippen LogP contribution in [-0.4, -0.2) is 4.98 Å². The number of anilines is 1. The maximum Gasteiger partial charge on any atom is 0.180 e. The second kappa shape index (κ2) is 5.07. The third-order valence-electron chi connectivity index (χ3n) is 2.52. The molecule has 0 saturated carbocycles. The summed E-state index contributed by atoms with van der Waals surface area (Å²) in [7, 11) is 0.